The van der Waals surface area contributed by atoms with Crippen molar-refractivity contribution < 1.29 is 8.83 Å². The summed E-state index contributed by atoms with van der Waals surface area (Å²) in [5.74, 6) is 0. The maximum atomic E-state index is 6.49. The third-order valence-electron chi connectivity index (χ3n) is 11.9. The Balaban J connectivity index is 1.01. The fourth-order valence-corrected chi connectivity index (χ4v) is 9.32. The Morgan fingerprint density at radius 2 is 0.750 bits per heavy atom. The number of nitrogens with zero attached hydrogens (tertiary/aromatic N) is 2. The topological polar surface area (TPSA) is 52.1 Å². The van der Waals surface area contributed by atoms with Crippen LogP contribution < -0.4 is 0 Å². The van der Waals surface area contributed by atoms with Crippen LogP contribution in [-0.4, -0.2) is 9.97 Å². The Labute approximate surface area is 346 Å². The van der Waals surface area contributed by atoms with Gasteiger partial charge in [0.1, 0.15) is 22.3 Å². The molecule has 8 aromatic carbocycles. The van der Waals surface area contributed by atoms with Crippen LogP contribution in [0, 0.1) is 13.8 Å². The Morgan fingerprint density at radius 3 is 1.22 bits per heavy atom. The first-order chi connectivity index (χ1) is 29.6. The fourth-order valence-electron chi connectivity index (χ4n) is 9.32. The van der Waals surface area contributed by atoms with Crippen molar-refractivity contribution in [3.63, 3.8) is 0 Å². The predicted molar refractivity (Wildman–Crippen MR) is 248 cm³/mol. The first kappa shape index (κ1) is 34.2. The third kappa shape index (κ3) is 5.38. The van der Waals surface area contributed by atoms with Crippen molar-refractivity contribution in [1.82, 2.24) is 9.97 Å². The maximum absolute atomic E-state index is 6.49. The molecule has 0 aliphatic rings. The van der Waals surface area contributed by atoms with E-state index in [2.05, 4.69) is 147 Å². The van der Waals surface area contributed by atoms with Crippen LogP contribution in [-0.2, 0) is 0 Å². The summed E-state index contributed by atoms with van der Waals surface area (Å²) in [5.41, 5.74) is 18.7. The fraction of sp³-hybridized carbons (Fsp3) is 0.0357. The summed E-state index contributed by atoms with van der Waals surface area (Å²) in [4.78, 5) is 10.5. The van der Waals surface area contributed by atoms with Gasteiger partial charge in [0.2, 0.25) is 0 Å². The minimum absolute atomic E-state index is 0.864. The number of furan rings is 2. The van der Waals surface area contributed by atoms with Crippen LogP contribution in [0.1, 0.15) is 11.1 Å². The van der Waals surface area contributed by atoms with E-state index in [4.69, 9.17) is 18.8 Å². The van der Waals surface area contributed by atoms with Gasteiger partial charge in [-0.05, 0) is 83.6 Å². The molecule has 0 atom stereocenters. The van der Waals surface area contributed by atoms with E-state index >= 15 is 0 Å². The highest BCUT2D eigenvalue weighted by atomic mass is 16.3. The number of hydrogen-bond acceptors (Lipinski definition) is 4. The van der Waals surface area contributed by atoms with Crippen molar-refractivity contribution in [2.45, 2.75) is 13.8 Å². The van der Waals surface area contributed by atoms with Crippen LogP contribution >= 0.6 is 0 Å². The Morgan fingerprint density at radius 1 is 0.350 bits per heavy atom. The van der Waals surface area contributed by atoms with Crippen LogP contribution in [0.25, 0.3) is 122 Å². The summed E-state index contributed by atoms with van der Waals surface area (Å²) < 4.78 is 13.0. The van der Waals surface area contributed by atoms with E-state index in [9.17, 15) is 0 Å². The second kappa shape index (κ2) is 13.4. The Hall–Kier alpha value is -7.82. The molecule has 0 fully saturated rings. The molecule has 0 unspecified atom stereocenters. The zero-order valence-corrected chi connectivity index (χ0v) is 33.0. The number of aromatic nitrogens is 2. The normalized spacial score (nSPS) is 11.8. The smallest absolute Gasteiger partial charge is 0.147 e. The molecule has 0 amide bonds. The lowest BCUT2D eigenvalue weighted by Gasteiger charge is -2.18. The first-order valence-corrected chi connectivity index (χ1v) is 20.4. The lowest BCUT2D eigenvalue weighted by atomic mass is 9.86. The van der Waals surface area contributed by atoms with Crippen molar-refractivity contribution in [2.75, 3.05) is 0 Å². The minimum Gasteiger partial charge on any atom is -0.455 e. The Bertz CT molecular complexity index is 3430. The van der Waals surface area contributed by atoms with Gasteiger partial charge in [0.25, 0.3) is 0 Å². The van der Waals surface area contributed by atoms with E-state index in [1.54, 1.807) is 0 Å². The lowest BCUT2D eigenvalue weighted by molar-refractivity contribution is 0.672. The van der Waals surface area contributed by atoms with Crippen molar-refractivity contribution in [3.05, 3.63) is 193 Å². The number of fused-ring (bicyclic) bond motifs is 10. The van der Waals surface area contributed by atoms with Crippen molar-refractivity contribution in [2.24, 2.45) is 0 Å². The highest BCUT2D eigenvalue weighted by Crippen LogP contribution is 2.45. The van der Waals surface area contributed by atoms with E-state index in [-0.39, 0.29) is 0 Å². The van der Waals surface area contributed by atoms with Crippen LogP contribution in [0.5, 0.6) is 0 Å². The van der Waals surface area contributed by atoms with E-state index in [0.717, 1.165) is 99.3 Å². The lowest BCUT2D eigenvalue weighted by Crippen LogP contribution is -1.93. The van der Waals surface area contributed by atoms with Crippen molar-refractivity contribution in [3.8, 4) is 55.9 Å². The molecule has 0 radical (unpaired) electrons. The molecular weight excluding hydrogens is 733 g/mol. The van der Waals surface area contributed by atoms with Gasteiger partial charge in [0, 0.05) is 32.7 Å². The quantitative estimate of drug-likeness (QED) is 0.175. The first-order valence-electron chi connectivity index (χ1n) is 20.4. The molecule has 0 saturated heterocycles. The van der Waals surface area contributed by atoms with E-state index < -0.39 is 0 Å². The second-order valence-corrected chi connectivity index (χ2v) is 15.8. The molecule has 0 aliphatic heterocycles. The molecule has 4 heteroatoms. The number of pyridine rings is 2. The van der Waals surface area contributed by atoms with Gasteiger partial charge >= 0.3 is 0 Å². The van der Waals surface area contributed by atoms with Gasteiger partial charge in [0.05, 0.1) is 33.2 Å². The van der Waals surface area contributed by atoms with Crippen molar-refractivity contribution in [1.29, 1.82) is 0 Å². The predicted octanol–water partition coefficient (Wildman–Crippen LogP) is 15.5. The highest BCUT2D eigenvalue weighted by molar-refractivity contribution is 6.20. The third-order valence-corrected chi connectivity index (χ3v) is 11.9. The van der Waals surface area contributed by atoms with Gasteiger partial charge in [-0.15, -0.1) is 0 Å². The second-order valence-electron chi connectivity index (χ2n) is 15.8. The highest BCUT2D eigenvalue weighted by Gasteiger charge is 2.21. The molecule has 0 N–H and O–H groups in total. The molecule has 0 aliphatic carbocycles. The van der Waals surface area contributed by atoms with Crippen LogP contribution in [0.4, 0.5) is 0 Å². The summed E-state index contributed by atoms with van der Waals surface area (Å²) in [6.07, 6.45) is 0. The molecule has 12 aromatic rings. The standard InChI is InChI=1S/C56H36N2O2/c1-33-30-34(2)32-39(31-33)50-40(35-22-26-37(27-23-35)53-51-44-14-5-9-20-48(44)59-55(51)42-12-3-7-18-46(42)57-53)16-11-17-41(50)36-24-28-38(29-25-36)54-52-45-15-6-10-21-49(45)60-56(52)43-13-4-8-19-47(43)58-54/h3-32H,1-2H3. The molecular formula is C56H36N2O2. The number of rotatable bonds is 5. The SMILES string of the molecule is Cc1cc(C)cc(-c2c(-c3ccc(-c4nc5ccccc5c5oc6ccccc6c45)cc3)cccc2-c2ccc(-c3nc4ccccc4c4oc5ccccc5c34)cc2)c1. The summed E-state index contributed by atoms with van der Waals surface area (Å²) in [7, 11) is 0. The summed E-state index contributed by atoms with van der Waals surface area (Å²) >= 11 is 0. The van der Waals surface area contributed by atoms with E-state index in [1.165, 1.54) is 33.4 Å². The summed E-state index contributed by atoms with van der Waals surface area (Å²) in [6, 6.07) is 64.2. The molecule has 4 nitrogen and oxygen atoms in total. The number of benzene rings is 8. The molecule has 282 valence electrons. The molecule has 4 heterocycles. The van der Waals surface area contributed by atoms with Gasteiger partial charge in [-0.3, -0.25) is 0 Å². The zero-order chi connectivity index (χ0) is 39.9. The van der Waals surface area contributed by atoms with Gasteiger partial charge < -0.3 is 8.83 Å². The minimum atomic E-state index is 0.864. The molecule has 12 rings (SSSR count). The van der Waals surface area contributed by atoms with Gasteiger partial charge in [-0.2, -0.15) is 0 Å². The van der Waals surface area contributed by atoms with Crippen LogP contribution in [0.3, 0.4) is 0 Å². The number of hydrogen-bond donors (Lipinski definition) is 0. The van der Waals surface area contributed by atoms with E-state index in [1.807, 2.05) is 48.5 Å². The van der Waals surface area contributed by atoms with Crippen LogP contribution in [0.15, 0.2) is 191 Å². The van der Waals surface area contributed by atoms with E-state index in [0.29, 0.717) is 0 Å². The summed E-state index contributed by atoms with van der Waals surface area (Å²) in [6.45, 7) is 4.35. The van der Waals surface area contributed by atoms with Crippen molar-refractivity contribution >= 4 is 65.7 Å². The monoisotopic (exact) mass is 768 g/mol. The van der Waals surface area contributed by atoms with Crippen LogP contribution in [0.2, 0.25) is 0 Å². The van der Waals surface area contributed by atoms with Gasteiger partial charge in [-0.25, -0.2) is 9.97 Å². The van der Waals surface area contributed by atoms with Gasteiger partial charge in [-0.1, -0.05) is 157 Å². The molecule has 4 aromatic heterocycles. The summed E-state index contributed by atoms with van der Waals surface area (Å²) in [5, 5.41) is 6.25. The molecule has 0 saturated carbocycles. The largest absolute Gasteiger partial charge is 0.455 e. The Kier molecular flexibility index (Phi) is 7.63. The molecule has 0 spiro atoms. The number of aryl methyl sites for hydroxylation is 2. The average Bonchev–Trinajstić information content (AvgIpc) is 3.88. The molecule has 60 heavy (non-hydrogen) atoms. The van der Waals surface area contributed by atoms with Gasteiger partial charge in [0.15, 0.2) is 0 Å². The molecule has 0 bridgehead atoms. The number of para-hydroxylation sites is 4. The maximum Gasteiger partial charge on any atom is 0.147 e. The average molecular weight is 769 g/mol. The zero-order valence-electron chi connectivity index (χ0n) is 33.0.